The van der Waals surface area contributed by atoms with Crippen LogP contribution >= 0.6 is 27.3 Å². The van der Waals surface area contributed by atoms with Gasteiger partial charge in [-0.2, -0.15) is 10.1 Å². The minimum atomic E-state index is -0.289. The molecule has 0 aliphatic rings. The molecule has 25 heavy (non-hydrogen) atoms. The van der Waals surface area contributed by atoms with Crippen molar-refractivity contribution in [2.75, 3.05) is 13.7 Å². The first-order valence-electron chi connectivity index (χ1n) is 7.91. The predicted molar refractivity (Wildman–Crippen MR) is 102 cm³/mol. The van der Waals surface area contributed by atoms with E-state index < -0.39 is 0 Å². The lowest BCUT2D eigenvalue weighted by molar-refractivity contribution is 0.0985. The van der Waals surface area contributed by atoms with E-state index in [2.05, 4.69) is 26.0 Å². The standard InChI is InChI=1S/C17H19BrN4O2S/c1-11(2)22-14(6-7-19-22)16(23)20-17-21(8-9-24-3)13-5-4-12(18)10-15(13)25-17/h4-7,10-11H,8-9H2,1-3H3. The molecule has 2 aromatic heterocycles. The van der Waals surface area contributed by atoms with Crippen LogP contribution in [-0.4, -0.2) is 34.0 Å². The van der Waals surface area contributed by atoms with Crippen LogP contribution in [0.3, 0.4) is 0 Å². The van der Waals surface area contributed by atoms with E-state index in [0.29, 0.717) is 23.6 Å². The zero-order valence-electron chi connectivity index (χ0n) is 14.3. The number of carbonyl (C=O) groups excluding carboxylic acids is 1. The number of carbonyl (C=O) groups is 1. The summed E-state index contributed by atoms with van der Waals surface area (Å²) in [5, 5.41) is 4.21. The van der Waals surface area contributed by atoms with Crippen LogP contribution < -0.4 is 4.80 Å². The summed E-state index contributed by atoms with van der Waals surface area (Å²) in [7, 11) is 1.66. The smallest absolute Gasteiger partial charge is 0.297 e. The second kappa shape index (κ2) is 7.63. The number of benzene rings is 1. The first-order chi connectivity index (χ1) is 12.0. The summed E-state index contributed by atoms with van der Waals surface area (Å²) < 4.78 is 11.0. The van der Waals surface area contributed by atoms with Crippen LogP contribution in [0.2, 0.25) is 0 Å². The van der Waals surface area contributed by atoms with Crippen molar-refractivity contribution in [1.82, 2.24) is 14.3 Å². The fourth-order valence-electron chi connectivity index (χ4n) is 2.57. The molecule has 0 N–H and O–H groups in total. The Balaban J connectivity index is 2.11. The molecule has 0 fully saturated rings. The van der Waals surface area contributed by atoms with Crippen LogP contribution in [0.15, 0.2) is 39.9 Å². The molecule has 0 unspecified atom stereocenters. The Bertz CT molecular complexity index is 971. The molecule has 0 saturated heterocycles. The van der Waals surface area contributed by atoms with E-state index in [4.69, 9.17) is 4.74 Å². The Kier molecular flexibility index (Phi) is 5.51. The molecule has 1 aromatic carbocycles. The molecule has 3 aromatic rings. The molecule has 0 saturated carbocycles. The number of fused-ring (bicyclic) bond motifs is 1. The van der Waals surface area contributed by atoms with Gasteiger partial charge in [-0.15, -0.1) is 0 Å². The highest BCUT2D eigenvalue weighted by Crippen LogP contribution is 2.22. The van der Waals surface area contributed by atoms with Crippen LogP contribution in [0.25, 0.3) is 10.2 Å². The minimum absolute atomic E-state index is 0.100. The minimum Gasteiger partial charge on any atom is -0.383 e. The molecule has 0 atom stereocenters. The van der Waals surface area contributed by atoms with Crippen molar-refractivity contribution in [3.63, 3.8) is 0 Å². The molecule has 132 valence electrons. The molecule has 0 aliphatic heterocycles. The Morgan fingerprint density at radius 3 is 2.92 bits per heavy atom. The third-order valence-electron chi connectivity index (χ3n) is 3.74. The maximum Gasteiger partial charge on any atom is 0.297 e. The highest BCUT2D eigenvalue weighted by molar-refractivity contribution is 9.10. The first-order valence-corrected chi connectivity index (χ1v) is 9.52. The maximum atomic E-state index is 12.7. The van der Waals surface area contributed by atoms with Crippen LogP contribution in [0, 0.1) is 0 Å². The zero-order chi connectivity index (χ0) is 18.0. The van der Waals surface area contributed by atoms with Gasteiger partial charge in [0, 0.05) is 30.4 Å². The third kappa shape index (κ3) is 3.75. The lowest BCUT2D eigenvalue weighted by atomic mass is 10.3. The summed E-state index contributed by atoms with van der Waals surface area (Å²) in [5.74, 6) is -0.289. The second-order valence-corrected chi connectivity index (χ2v) is 7.74. The van der Waals surface area contributed by atoms with Gasteiger partial charge in [-0.1, -0.05) is 27.3 Å². The van der Waals surface area contributed by atoms with Gasteiger partial charge in [-0.25, -0.2) is 0 Å². The lowest BCUT2D eigenvalue weighted by Gasteiger charge is -2.08. The Hall–Kier alpha value is -1.77. The lowest BCUT2D eigenvalue weighted by Crippen LogP contribution is -2.20. The molecule has 3 rings (SSSR count). The Morgan fingerprint density at radius 2 is 2.20 bits per heavy atom. The van der Waals surface area contributed by atoms with Gasteiger partial charge in [0.05, 0.1) is 16.8 Å². The molecular weight excluding hydrogens is 404 g/mol. The third-order valence-corrected chi connectivity index (χ3v) is 5.27. The van der Waals surface area contributed by atoms with Gasteiger partial charge < -0.3 is 9.30 Å². The zero-order valence-corrected chi connectivity index (χ0v) is 16.7. The van der Waals surface area contributed by atoms with Crippen molar-refractivity contribution in [3.05, 3.63) is 45.4 Å². The van der Waals surface area contributed by atoms with E-state index in [1.165, 1.54) is 11.3 Å². The molecule has 2 heterocycles. The summed E-state index contributed by atoms with van der Waals surface area (Å²) in [6.07, 6.45) is 1.63. The molecule has 0 spiro atoms. The largest absolute Gasteiger partial charge is 0.383 e. The number of halogens is 1. The Labute approximate surface area is 157 Å². The molecule has 8 heteroatoms. The number of thiazole rings is 1. The van der Waals surface area contributed by atoms with Crippen molar-refractivity contribution in [1.29, 1.82) is 0 Å². The van der Waals surface area contributed by atoms with E-state index in [9.17, 15) is 4.79 Å². The molecule has 1 amide bonds. The van der Waals surface area contributed by atoms with Crippen LogP contribution in [-0.2, 0) is 11.3 Å². The fourth-order valence-corrected chi connectivity index (χ4v) is 4.18. The normalized spacial score (nSPS) is 12.4. The average Bonchev–Trinajstić information content (AvgIpc) is 3.17. The molecule has 6 nitrogen and oxygen atoms in total. The van der Waals surface area contributed by atoms with Gasteiger partial charge in [0.15, 0.2) is 4.80 Å². The number of nitrogens with zero attached hydrogens (tertiary/aromatic N) is 4. The molecule has 0 bridgehead atoms. The second-order valence-electron chi connectivity index (χ2n) is 5.81. The number of aromatic nitrogens is 3. The molecular formula is C17H19BrN4O2S. The number of hydrogen-bond acceptors (Lipinski definition) is 4. The maximum absolute atomic E-state index is 12.7. The average molecular weight is 423 g/mol. The van der Waals surface area contributed by atoms with Crippen molar-refractivity contribution < 1.29 is 9.53 Å². The van der Waals surface area contributed by atoms with Crippen molar-refractivity contribution in [2.24, 2.45) is 4.99 Å². The monoisotopic (exact) mass is 422 g/mol. The first kappa shape index (κ1) is 18.0. The topological polar surface area (TPSA) is 61.4 Å². The van der Waals surface area contributed by atoms with Gasteiger partial charge in [-0.3, -0.25) is 9.48 Å². The van der Waals surface area contributed by atoms with E-state index in [0.717, 1.165) is 14.7 Å². The summed E-state index contributed by atoms with van der Waals surface area (Å²) in [4.78, 5) is 17.7. The van der Waals surface area contributed by atoms with E-state index in [1.807, 2.05) is 36.6 Å². The summed E-state index contributed by atoms with van der Waals surface area (Å²) >= 11 is 4.98. The summed E-state index contributed by atoms with van der Waals surface area (Å²) in [5.41, 5.74) is 1.53. The number of hydrogen-bond donors (Lipinski definition) is 0. The van der Waals surface area contributed by atoms with E-state index in [-0.39, 0.29) is 11.9 Å². The van der Waals surface area contributed by atoms with Gasteiger partial charge in [0.2, 0.25) is 0 Å². The van der Waals surface area contributed by atoms with E-state index in [1.54, 1.807) is 24.1 Å². The highest BCUT2D eigenvalue weighted by Gasteiger charge is 2.15. The quantitative estimate of drug-likeness (QED) is 0.630. The van der Waals surface area contributed by atoms with Gasteiger partial charge in [-0.05, 0) is 38.1 Å². The fraction of sp³-hybridized carbons (Fsp3) is 0.353. The van der Waals surface area contributed by atoms with Crippen LogP contribution in [0.4, 0.5) is 0 Å². The van der Waals surface area contributed by atoms with Crippen molar-refractivity contribution >= 4 is 43.4 Å². The molecule has 0 radical (unpaired) electrons. The van der Waals surface area contributed by atoms with Gasteiger partial charge in [0.1, 0.15) is 5.69 Å². The number of amides is 1. The molecule has 0 aliphatic carbocycles. The van der Waals surface area contributed by atoms with Crippen molar-refractivity contribution in [2.45, 2.75) is 26.4 Å². The number of ether oxygens (including phenoxy) is 1. The summed E-state index contributed by atoms with van der Waals surface area (Å²) in [6.45, 7) is 5.15. The Morgan fingerprint density at radius 1 is 1.40 bits per heavy atom. The predicted octanol–water partition coefficient (Wildman–Crippen LogP) is 3.63. The highest BCUT2D eigenvalue weighted by atomic mass is 79.9. The van der Waals surface area contributed by atoms with E-state index >= 15 is 0 Å². The van der Waals surface area contributed by atoms with Gasteiger partial charge in [0.25, 0.3) is 5.91 Å². The number of rotatable bonds is 5. The summed E-state index contributed by atoms with van der Waals surface area (Å²) in [6, 6.07) is 7.84. The van der Waals surface area contributed by atoms with Crippen molar-refractivity contribution in [3.8, 4) is 0 Å². The van der Waals surface area contributed by atoms with Crippen LogP contribution in [0.1, 0.15) is 30.4 Å². The van der Waals surface area contributed by atoms with Gasteiger partial charge >= 0.3 is 0 Å². The SMILES string of the molecule is COCCn1c(=NC(=O)c2ccnn2C(C)C)sc2cc(Br)ccc21. The number of methoxy groups -OCH3 is 1. The van der Waals surface area contributed by atoms with Crippen LogP contribution in [0.5, 0.6) is 0 Å².